The number of hydrogen-bond acceptors (Lipinski definition) is 3. The van der Waals surface area contributed by atoms with Crippen molar-refractivity contribution in [1.29, 1.82) is 0 Å². The van der Waals surface area contributed by atoms with E-state index in [1.54, 1.807) is 0 Å². The number of likely N-dealkylation sites (tertiary alicyclic amines) is 1. The van der Waals surface area contributed by atoms with Crippen molar-refractivity contribution in [2.24, 2.45) is 5.92 Å². The highest BCUT2D eigenvalue weighted by molar-refractivity contribution is 4.98. The van der Waals surface area contributed by atoms with Crippen LogP contribution in [0, 0.1) is 5.92 Å². The number of nitrogens with one attached hydrogen (secondary N) is 1. The molecule has 3 unspecified atom stereocenters. The normalized spacial score (nSPS) is 37.5. The molecule has 0 radical (unpaired) electrons. The molecule has 0 aromatic carbocycles. The Hall–Kier alpha value is -0.120. The van der Waals surface area contributed by atoms with Crippen molar-refractivity contribution in [3.05, 3.63) is 0 Å². The van der Waals surface area contributed by atoms with E-state index in [1.807, 2.05) is 0 Å². The molecule has 3 saturated heterocycles. The molecule has 1 N–H and O–H groups in total. The van der Waals surface area contributed by atoms with E-state index in [9.17, 15) is 0 Å². The molecule has 3 fully saturated rings. The lowest BCUT2D eigenvalue weighted by Gasteiger charge is -2.29. The molecule has 3 heterocycles. The highest BCUT2D eigenvalue weighted by atomic mass is 15.3. The Bertz CT molecular complexity index is 268. The van der Waals surface area contributed by atoms with Gasteiger partial charge in [0.05, 0.1) is 0 Å². The first-order valence-corrected chi connectivity index (χ1v) is 8.07. The van der Waals surface area contributed by atoms with Crippen LogP contribution in [0.5, 0.6) is 0 Å². The van der Waals surface area contributed by atoms with Crippen molar-refractivity contribution in [2.75, 3.05) is 39.3 Å². The fourth-order valence-corrected chi connectivity index (χ4v) is 4.30. The topological polar surface area (TPSA) is 18.5 Å². The maximum Gasteiger partial charge on any atom is 0.0263 e. The zero-order valence-electron chi connectivity index (χ0n) is 11.9. The van der Waals surface area contributed by atoms with Crippen LogP contribution >= 0.6 is 0 Å². The minimum atomic E-state index is 0.892. The van der Waals surface area contributed by atoms with Crippen LogP contribution in [0.15, 0.2) is 0 Å². The summed E-state index contributed by atoms with van der Waals surface area (Å²) < 4.78 is 0. The Morgan fingerprint density at radius 1 is 1.00 bits per heavy atom. The van der Waals surface area contributed by atoms with Crippen molar-refractivity contribution < 1.29 is 0 Å². The van der Waals surface area contributed by atoms with E-state index in [-0.39, 0.29) is 0 Å². The van der Waals surface area contributed by atoms with E-state index in [0.717, 1.165) is 18.0 Å². The van der Waals surface area contributed by atoms with E-state index in [4.69, 9.17) is 0 Å². The molecule has 0 aliphatic carbocycles. The molecule has 18 heavy (non-hydrogen) atoms. The van der Waals surface area contributed by atoms with E-state index >= 15 is 0 Å². The van der Waals surface area contributed by atoms with Gasteiger partial charge < -0.3 is 5.32 Å². The maximum atomic E-state index is 3.60. The lowest BCUT2D eigenvalue weighted by atomic mass is 10.1. The zero-order chi connectivity index (χ0) is 12.4. The minimum absolute atomic E-state index is 0.892. The summed E-state index contributed by atoms with van der Waals surface area (Å²) in [5, 5.41) is 3.60. The first-order valence-electron chi connectivity index (χ1n) is 8.07. The van der Waals surface area contributed by atoms with E-state index in [2.05, 4.69) is 22.0 Å². The van der Waals surface area contributed by atoms with Crippen molar-refractivity contribution in [1.82, 2.24) is 15.1 Å². The summed E-state index contributed by atoms with van der Waals surface area (Å²) in [6.07, 6.45) is 7.01. The number of hydrogen-bond donors (Lipinski definition) is 1. The molecule has 3 aliphatic heterocycles. The molecule has 0 aromatic rings. The summed E-state index contributed by atoms with van der Waals surface area (Å²) in [5.41, 5.74) is 0. The Kier molecular flexibility index (Phi) is 4.22. The number of rotatable bonds is 5. The summed E-state index contributed by atoms with van der Waals surface area (Å²) in [4.78, 5) is 5.56. The molecule has 0 amide bonds. The quantitative estimate of drug-likeness (QED) is 0.748. The van der Waals surface area contributed by atoms with Crippen LogP contribution in [0.1, 0.15) is 39.0 Å². The van der Waals surface area contributed by atoms with Gasteiger partial charge in [-0.25, -0.2) is 0 Å². The van der Waals surface area contributed by atoms with Crippen LogP contribution in [-0.4, -0.2) is 61.2 Å². The first-order chi connectivity index (χ1) is 8.88. The molecule has 3 aliphatic rings. The molecule has 3 rings (SSSR count). The van der Waals surface area contributed by atoms with Crippen LogP contribution in [0.4, 0.5) is 0 Å². The molecule has 0 spiro atoms. The summed E-state index contributed by atoms with van der Waals surface area (Å²) >= 11 is 0. The Morgan fingerprint density at radius 2 is 1.83 bits per heavy atom. The van der Waals surface area contributed by atoms with Gasteiger partial charge in [-0.15, -0.1) is 0 Å². The Labute approximate surface area is 112 Å². The SMILES string of the molecule is CCCNCC1CCN(C2CCN3CCCC23)C1. The molecule has 0 bridgehead atoms. The van der Waals surface area contributed by atoms with E-state index < -0.39 is 0 Å². The predicted octanol–water partition coefficient (Wildman–Crippen LogP) is 1.54. The second kappa shape index (κ2) is 5.89. The van der Waals surface area contributed by atoms with Gasteiger partial charge >= 0.3 is 0 Å². The summed E-state index contributed by atoms with van der Waals surface area (Å²) in [6.45, 7) is 10.1. The summed E-state index contributed by atoms with van der Waals surface area (Å²) in [5.74, 6) is 0.909. The van der Waals surface area contributed by atoms with E-state index in [1.165, 1.54) is 71.4 Å². The lowest BCUT2D eigenvalue weighted by Crippen LogP contribution is -2.42. The van der Waals surface area contributed by atoms with Crippen LogP contribution in [0.25, 0.3) is 0 Å². The van der Waals surface area contributed by atoms with Gasteiger partial charge in [0.25, 0.3) is 0 Å². The zero-order valence-corrected chi connectivity index (χ0v) is 11.9. The van der Waals surface area contributed by atoms with Crippen molar-refractivity contribution >= 4 is 0 Å². The van der Waals surface area contributed by atoms with Gasteiger partial charge in [-0.2, -0.15) is 0 Å². The molecule has 0 saturated carbocycles. The minimum Gasteiger partial charge on any atom is -0.316 e. The summed E-state index contributed by atoms with van der Waals surface area (Å²) in [6, 6.07) is 1.80. The fourth-order valence-electron chi connectivity index (χ4n) is 4.30. The van der Waals surface area contributed by atoms with E-state index in [0.29, 0.717) is 0 Å². The summed E-state index contributed by atoms with van der Waals surface area (Å²) in [7, 11) is 0. The third-order valence-electron chi connectivity index (χ3n) is 5.22. The van der Waals surface area contributed by atoms with Crippen molar-refractivity contribution in [3.8, 4) is 0 Å². The average Bonchev–Trinajstić information content (AvgIpc) is 3.03. The smallest absolute Gasteiger partial charge is 0.0263 e. The highest BCUT2D eigenvalue weighted by Gasteiger charge is 2.41. The van der Waals surface area contributed by atoms with Gasteiger partial charge in [0.1, 0.15) is 0 Å². The largest absolute Gasteiger partial charge is 0.316 e. The number of fused-ring (bicyclic) bond motifs is 1. The second-order valence-corrected chi connectivity index (χ2v) is 6.46. The number of nitrogens with zero attached hydrogens (tertiary/aromatic N) is 2. The van der Waals surface area contributed by atoms with Gasteiger partial charge in [0.2, 0.25) is 0 Å². The molecule has 3 heteroatoms. The standard InChI is InChI=1S/C15H29N3/c1-2-7-16-11-13-5-9-18(12-13)15-6-10-17-8-3-4-14(15)17/h13-16H,2-12H2,1H3. The Balaban J connectivity index is 1.47. The monoisotopic (exact) mass is 251 g/mol. The molecule has 3 nitrogen and oxygen atoms in total. The molecule has 3 atom stereocenters. The van der Waals surface area contributed by atoms with Gasteiger partial charge in [-0.3, -0.25) is 9.80 Å². The Morgan fingerprint density at radius 3 is 2.72 bits per heavy atom. The van der Waals surface area contributed by atoms with Crippen LogP contribution in [-0.2, 0) is 0 Å². The second-order valence-electron chi connectivity index (χ2n) is 6.46. The van der Waals surface area contributed by atoms with Gasteiger partial charge in [-0.05, 0) is 64.2 Å². The van der Waals surface area contributed by atoms with Crippen molar-refractivity contribution in [2.45, 2.75) is 51.1 Å². The van der Waals surface area contributed by atoms with Crippen molar-refractivity contribution in [3.63, 3.8) is 0 Å². The van der Waals surface area contributed by atoms with Gasteiger partial charge in [0, 0.05) is 25.2 Å². The van der Waals surface area contributed by atoms with Gasteiger partial charge in [-0.1, -0.05) is 6.92 Å². The van der Waals surface area contributed by atoms with Crippen LogP contribution in [0.3, 0.4) is 0 Å². The molecular formula is C15H29N3. The first kappa shape index (κ1) is 12.9. The molecule has 0 aromatic heterocycles. The average molecular weight is 251 g/mol. The molecule has 104 valence electrons. The van der Waals surface area contributed by atoms with Gasteiger partial charge in [0.15, 0.2) is 0 Å². The van der Waals surface area contributed by atoms with Crippen LogP contribution < -0.4 is 5.32 Å². The van der Waals surface area contributed by atoms with Crippen LogP contribution in [0.2, 0.25) is 0 Å². The fraction of sp³-hybridized carbons (Fsp3) is 1.00. The third-order valence-corrected chi connectivity index (χ3v) is 5.22. The lowest BCUT2D eigenvalue weighted by molar-refractivity contribution is 0.186. The third kappa shape index (κ3) is 2.59. The maximum absolute atomic E-state index is 3.60. The predicted molar refractivity (Wildman–Crippen MR) is 75.8 cm³/mol. The molecular weight excluding hydrogens is 222 g/mol. The highest BCUT2D eigenvalue weighted by Crippen LogP contribution is 2.33.